The molecule has 0 aliphatic heterocycles. The molecule has 0 amide bonds. The Kier molecular flexibility index (Phi) is 5.46. The van der Waals surface area contributed by atoms with Gasteiger partial charge in [0.15, 0.2) is 0 Å². The lowest BCUT2D eigenvalue weighted by atomic mass is 10.1. The first kappa shape index (κ1) is 14.8. The number of nitriles is 1. The van der Waals surface area contributed by atoms with Crippen LogP contribution in [0.2, 0.25) is 5.02 Å². The lowest BCUT2D eigenvalue weighted by molar-refractivity contribution is 0.199. The highest BCUT2D eigenvalue weighted by molar-refractivity contribution is 6.33. The van der Waals surface area contributed by atoms with Gasteiger partial charge in [-0.2, -0.15) is 5.26 Å². The quantitative estimate of drug-likeness (QED) is 0.887. The van der Waals surface area contributed by atoms with Crippen LogP contribution in [0.1, 0.15) is 38.9 Å². The molecule has 0 saturated heterocycles. The molecule has 0 aliphatic rings. The van der Waals surface area contributed by atoms with E-state index in [0.29, 0.717) is 18.0 Å². The van der Waals surface area contributed by atoms with Crippen molar-refractivity contribution >= 4 is 17.3 Å². The van der Waals surface area contributed by atoms with Crippen LogP contribution in [0.4, 0.5) is 5.69 Å². The molecule has 0 aliphatic carbocycles. The largest absolute Gasteiger partial charge is 0.389 e. The van der Waals surface area contributed by atoms with Crippen LogP contribution in [-0.4, -0.2) is 17.7 Å². The van der Waals surface area contributed by atoms with Crippen molar-refractivity contribution in [1.29, 1.82) is 5.26 Å². The molecule has 1 rings (SSSR count). The van der Waals surface area contributed by atoms with Crippen LogP contribution in [-0.2, 0) is 0 Å². The van der Waals surface area contributed by atoms with Crippen molar-refractivity contribution in [3.63, 3.8) is 0 Å². The second kappa shape index (κ2) is 6.63. The molecule has 0 heterocycles. The summed E-state index contributed by atoms with van der Waals surface area (Å²) >= 11 is 6.26. The fourth-order valence-corrected chi connectivity index (χ4v) is 2.14. The Morgan fingerprint density at radius 2 is 2.06 bits per heavy atom. The van der Waals surface area contributed by atoms with Gasteiger partial charge in [0.05, 0.1) is 29.3 Å². The number of aliphatic hydroxyl groups excluding tert-OH is 1. The summed E-state index contributed by atoms with van der Waals surface area (Å²) in [5, 5.41) is 18.8. The third-order valence-electron chi connectivity index (χ3n) is 2.85. The van der Waals surface area contributed by atoms with E-state index in [4.69, 9.17) is 16.9 Å². The van der Waals surface area contributed by atoms with E-state index >= 15 is 0 Å². The van der Waals surface area contributed by atoms with Gasteiger partial charge in [0.1, 0.15) is 0 Å². The minimum absolute atomic E-state index is 0.272. The summed E-state index contributed by atoms with van der Waals surface area (Å²) in [5.41, 5.74) is 1.71. The fourth-order valence-electron chi connectivity index (χ4n) is 1.84. The average Bonchev–Trinajstić information content (AvgIpc) is 2.30. The topological polar surface area (TPSA) is 47.3 Å². The number of aliphatic hydroxyl groups is 1. The van der Waals surface area contributed by atoms with Crippen LogP contribution >= 0.6 is 11.6 Å². The molecule has 1 aromatic carbocycles. The van der Waals surface area contributed by atoms with Gasteiger partial charge in [-0.05, 0) is 38.5 Å². The van der Waals surface area contributed by atoms with E-state index in [1.165, 1.54) is 0 Å². The van der Waals surface area contributed by atoms with Crippen molar-refractivity contribution in [2.24, 2.45) is 0 Å². The molecule has 0 saturated carbocycles. The number of benzene rings is 1. The Hall–Kier alpha value is -1.24. The first-order chi connectivity index (χ1) is 8.47. The molecule has 0 radical (unpaired) electrons. The molecule has 1 N–H and O–H groups in total. The van der Waals surface area contributed by atoms with Crippen molar-refractivity contribution in [3.05, 3.63) is 28.8 Å². The van der Waals surface area contributed by atoms with Gasteiger partial charge in [-0.25, -0.2) is 0 Å². The molecule has 18 heavy (non-hydrogen) atoms. The Labute approximate surface area is 114 Å². The normalized spacial score (nSPS) is 12.3. The maximum Gasteiger partial charge on any atom is 0.0762 e. The Bertz CT molecular complexity index is 438. The number of nitrogens with zero attached hydrogens (tertiary/aromatic N) is 2. The van der Waals surface area contributed by atoms with Crippen molar-refractivity contribution < 1.29 is 5.11 Å². The molecule has 0 fully saturated rings. The van der Waals surface area contributed by atoms with E-state index in [2.05, 4.69) is 24.8 Å². The Balaban J connectivity index is 3.02. The third-order valence-corrected chi connectivity index (χ3v) is 3.15. The molecule has 1 atom stereocenters. The van der Waals surface area contributed by atoms with Crippen molar-refractivity contribution in [3.8, 4) is 6.07 Å². The van der Waals surface area contributed by atoms with E-state index in [-0.39, 0.29) is 6.04 Å². The molecule has 0 aromatic heterocycles. The monoisotopic (exact) mass is 266 g/mol. The minimum atomic E-state index is -0.525. The van der Waals surface area contributed by atoms with Crippen LogP contribution in [0.3, 0.4) is 0 Å². The first-order valence-corrected chi connectivity index (χ1v) is 6.46. The minimum Gasteiger partial charge on any atom is -0.389 e. The predicted octanol–water partition coefficient (Wildman–Crippen LogP) is 3.52. The van der Waals surface area contributed by atoms with Crippen molar-refractivity contribution in [1.82, 2.24) is 0 Å². The summed E-state index contributed by atoms with van der Waals surface area (Å²) in [7, 11) is 0. The van der Waals surface area contributed by atoms with E-state index in [1.54, 1.807) is 13.0 Å². The second-order valence-electron chi connectivity index (χ2n) is 4.58. The van der Waals surface area contributed by atoms with E-state index < -0.39 is 6.10 Å². The maximum absolute atomic E-state index is 9.51. The molecule has 4 heteroatoms. The Morgan fingerprint density at radius 3 is 2.50 bits per heavy atom. The lowest BCUT2D eigenvalue weighted by Crippen LogP contribution is -2.31. The zero-order valence-electron chi connectivity index (χ0n) is 11.0. The van der Waals surface area contributed by atoms with Gasteiger partial charge in [-0.3, -0.25) is 0 Å². The molecule has 3 nitrogen and oxygen atoms in total. The summed E-state index contributed by atoms with van der Waals surface area (Å²) < 4.78 is 0. The standard InChI is InChI=1S/C14H19ClN2O/c1-10(2)17(8-4-7-16)14-6-5-12(11(3)18)9-13(14)15/h5-6,9-11,18H,4,8H2,1-3H3/t11-/m1/s1. The molecule has 1 aromatic rings. The summed E-state index contributed by atoms with van der Waals surface area (Å²) in [6, 6.07) is 7.97. The van der Waals surface area contributed by atoms with Crippen LogP contribution in [0.5, 0.6) is 0 Å². The number of anilines is 1. The summed E-state index contributed by atoms with van der Waals surface area (Å²) in [6.07, 6.45) is -0.0599. The van der Waals surface area contributed by atoms with Gasteiger partial charge in [0.2, 0.25) is 0 Å². The molecule has 0 bridgehead atoms. The van der Waals surface area contributed by atoms with Crippen LogP contribution < -0.4 is 4.90 Å². The molecular weight excluding hydrogens is 248 g/mol. The van der Waals surface area contributed by atoms with Gasteiger partial charge in [0.25, 0.3) is 0 Å². The molecular formula is C14H19ClN2O. The average molecular weight is 267 g/mol. The van der Waals surface area contributed by atoms with Gasteiger partial charge < -0.3 is 10.0 Å². The number of halogens is 1. The van der Waals surface area contributed by atoms with Crippen molar-refractivity contribution in [2.45, 2.75) is 39.3 Å². The zero-order chi connectivity index (χ0) is 13.7. The molecule has 0 unspecified atom stereocenters. The van der Waals surface area contributed by atoms with E-state index in [1.807, 2.05) is 12.1 Å². The van der Waals surface area contributed by atoms with Crippen LogP contribution in [0.25, 0.3) is 0 Å². The summed E-state index contributed by atoms with van der Waals surface area (Å²) in [6.45, 7) is 6.50. The van der Waals surface area contributed by atoms with Gasteiger partial charge >= 0.3 is 0 Å². The highest BCUT2D eigenvalue weighted by atomic mass is 35.5. The van der Waals surface area contributed by atoms with Gasteiger partial charge in [-0.15, -0.1) is 0 Å². The maximum atomic E-state index is 9.51. The number of hydrogen-bond acceptors (Lipinski definition) is 3. The lowest BCUT2D eigenvalue weighted by Gasteiger charge is -2.29. The smallest absolute Gasteiger partial charge is 0.0762 e. The number of hydrogen-bond donors (Lipinski definition) is 1. The highest BCUT2D eigenvalue weighted by Crippen LogP contribution is 2.30. The fraction of sp³-hybridized carbons (Fsp3) is 0.500. The predicted molar refractivity (Wildman–Crippen MR) is 74.8 cm³/mol. The third kappa shape index (κ3) is 3.63. The van der Waals surface area contributed by atoms with Gasteiger partial charge in [-0.1, -0.05) is 17.7 Å². The number of rotatable bonds is 5. The van der Waals surface area contributed by atoms with Gasteiger partial charge in [0, 0.05) is 12.6 Å². The van der Waals surface area contributed by atoms with E-state index in [9.17, 15) is 5.11 Å². The van der Waals surface area contributed by atoms with Crippen LogP contribution in [0, 0.1) is 11.3 Å². The zero-order valence-corrected chi connectivity index (χ0v) is 11.8. The first-order valence-electron chi connectivity index (χ1n) is 6.08. The van der Waals surface area contributed by atoms with Crippen LogP contribution in [0.15, 0.2) is 18.2 Å². The Morgan fingerprint density at radius 1 is 1.39 bits per heavy atom. The molecule has 0 spiro atoms. The van der Waals surface area contributed by atoms with Crippen molar-refractivity contribution in [2.75, 3.05) is 11.4 Å². The summed E-state index contributed by atoms with van der Waals surface area (Å²) in [4.78, 5) is 2.09. The molecule has 98 valence electrons. The second-order valence-corrected chi connectivity index (χ2v) is 4.99. The summed E-state index contributed by atoms with van der Waals surface area (Å²) in [5.74, 6) is 0. The highest BCUT2D eigenvalue weighted by Gasteiger charge is 2.14. The SMILES string of the molecule is CC(C)N(CCC#N)c1ccc([C@@H](C)O)cc1Cl. The van der Waals surface area contributed by atoms with E-state index in [0.717, 1.165) is 11.3 Å².